The lowest BCUT2D eigenvalue weighted by molar-refractivity contribution is -0.0350. The van der Waals surface area contributed by atoms with E-state index < -0.39 is 0 Å². The van der Waals surface area contributed by atoms with E-state index in [2.05, 4.69) is 39.9 Å². The molecule has 92 valence electrons. The van der Waals surface area contributed by atoms with E-state index in [0.29, 0.717) is 0 Å². The molecule has 0 saturated carbocycles. The molecule has 0 aromatic rings. The number of ether oxygens (including phenoxy) is 1. The van der Waals surface area contributed by atoms with Gasteiger partial charge in [-0.1, -0.05) is 27.7 Å². The summed E-state index contributed by atoms with van der Waals surface area (Å²) in [6.07, 6.45) is 3.52. The van der Waals surface area contributed by atoms with Crippen molar-refractivity contribution < 1.29 is 4.74 Å². The van der Waals surface area contributed by atoms with Crippen molar-refractivity contribution >= 4 is 0 Å². The molecular weight excluding hydrogens is 186 g/mol. The minimum absolute atomic E-state index is 0.0208. The Kier molecular flexibility index (Phi) is 8.07. The van der Waals surface area contributed by atoms with E-state index in [1.165, 1.54) is 12.8 Å². The first kappa shape index (κ1) is 14.9. The highest BCUT2D eigenvalue weighted by atomic mass is 16.5. The van der Waals surface area contributed by atoms with Gasteiger partial charge in [0, 0.05) is 13.2 Å². The van der Waals surface area contributed by atoms with E-state index in [-0.39, 0.29) is 5.60 Å². The lowest BCUT2D eigenvalue weighted by Gasteiger charge is -2.29. The average molecular weight is 215 g/mol. The molecule has 0 aromatic carbocycles. The van der Waals surface area contributed by atoms with Gasteiger partial charge in [0.1, 0.15) is 0 Å². The standard InChI is InChI=1S/C13H29NO/c1-6-13(5,11-14-7-2)15-10-8-9-12(3)4/h12,14H,6-11H2,1-5H3. The maximum absolute atomic E-state index is 5.97. The predicted octanol–water partition coefficient (Wildman–Crippen LogP) is 3.22. The largest absolute Gasteiger partial charge is 0.374 e. The second-order valence-electron chi connectivity index (χ2n) is 4.97. The Bertz CT molecular complexity index is 147. The van der Waals surface area contributed by atoms with Crippen LogP contribution in [0.15, 0.2) is 0 Å². The summed E-state index contributed by atoms with van der Waals surface area (Å²) >= 11 is 0. The van der Waals surface area contributed by atoms with Crippen LogP contribution < -0.4 is 5.32 Å². The van der Waals surface area contributed by atoms with Gasteiger partial charge in [0.25, 0.3) is 0 Å². The van der Waals surface area contributed by atoms with Gasteiger partial charge in [-0.3, -0.25) is 0 Å². The summed E-state index contributed by atoms with van der Waals surface area (Å²) in [4.78, 5) is 0. The molecular formula is C13H29NO. The van der Waals surface area contributed by atoms with Crippen LogP contribution in [0.2, 0.25) is 0 Å². The van der Waals surface area contributed by atoms with Crippen molar-refractivity contribution in [1.82, 2.24) is 5.32 Å². The Morgan fingerprint density at radius 2 is 1.93 bits per heavy atom. The maximum Gasteiger partial charge on any atom is 0.0775 e. The molecule has 0 rings (SSSR count). The fraction of sp³-hybridized carbons (Fsp3) is 1.00. The highest BCUT2D eigenvalue weighted by Crippen LogP contribution is 2.15. The lowest BCUT2D eigenvalue weighted by atomic mass is 10.0. The SMILES string of the molecule is CCNCC(C)(CC)OCCCC(C)C. The molecule has 0 aliphatic carbocycles. The third kappa shape index (κ3) is 7.80. The molecule has 0 amide bonds. The zero-order chi connectivity index (χ0) is 11.7. The number of likely N-dealkylation sites (N-methyl/N-ethyl adjacent to an activating group) is 1. The van der Waals surface area contributed by atoms with Crippen LogP contribution in [0.3, 0.4) is 0 Å². The van der Waals surface area contributed by atoms with E-state index in [1.54, 1.807) is 0 Å². The van der Waals surface area contributed by atoms with Crippen LogP contribution in [-0.4, -0.2) is 25.3 Å². The summed E-state index contributed by atoms with van der Waals surface area (Å²) in [5, 5.41) is 3.36. The molecule has 1 N–H and O–H groups in total. The molecule has 0 radical (unpaired) electrons. The van der Waals surface area contributed by atoms with Crippen molar-refractivity contribution in [3.8, 4) is 0 Å². The Morgan fingerprint density at radius 3 is 2.40 bits per heavy atom. The number of hydrogen-bond donors (Lipinski definition) is 1. The van der Waals surface area contributed by atoms with Crippen molar-refractivity contribution in [1.29, 1.82) is 0 Å². The second-order valence-corrected chi connectivity index (χ2v) is 4.97. The number of nitrogens with one attached hydrogen (secondary N) is 1. The van der Waals surface area contributed by atoms with E-state index in [0.717, 1.165) is 32.0 Å². The first-order valence-corrected chi connectivity index (χ1v) is 6.38. The summed E-state index contributed by atoms with van der Waals surface area (Å²) in [7, 11) is 0. The molecule has 0 bridgehead atoms. The van der Waals surface area contributed by atoms with Gasteiger partial charge in [0.2, 0.25) is 0 Å². The zero-order valence-corrected chi connectivity index (χ0v) is 11.2. The number of rotatable bonds is 9. The van der Waals surface area contributed by atoms with Crippen LogP contribution in [0.5, 0.6) is 0 Å². The van der Waals surface area contributed by atoms with Crippen molar-refractivity contribution in [2.24, 2.45) is 5.92 Å². The fourth-order valence-corrected chi connectivity index (χ4v) is 1.48. The van der Waals surface area contributed by atoms with Gasteiger partial charge in [-0.05, 0) is 38.6 Å². The van der Waals surface area contributed by atoms with Gasteiger partial charge in [-0.15, -0.1) is 0 Å². The highest BCUT2D eigenvalue weighted by molar-refractivity contribution is 4.75. The van der Waals surface area contributed by atoms with Crippen LogP contribution in [0.1, 0.15) is 53.9 Å². The molecule has 2 heteroatoms. The summed E-state index contributed by atoms with van der Waals surface area (Å²) in [6, 6.07) is 0. The first-order chi connectivity index (χ1) is 7.04. The van der Waals surface area contributed by atoms with E-state index in [4.69, 9.17) is 4.74 Å². The van der Waals surface area contributed by atoms with Crippen molar-refractivity contribution in [2.45, 2.75) is 59.5 Å². The predicted molar refractivity (Wildman–Crippen MR) is 67.3 cm³/mol. The Balaban J connectivity index is 3.67. The maximum atomic E-state index is 5.97. The lowest BCUT2D eigenvalue weighted by Crippen LogP contribution is -2.40. The zero-order valence-electron chi connectivity index (χ0n) is 11.2. The normalized spacial score (nSPS) is 15.6. The van der Waals surface area contributed by atoms with Crippen LogP contribution in [0, 0.1) is 5.92 Å². The van der Waals surface area contributed by atoms with Crippen LogP contribution in [0.4, 0.5) is 0 Å². The van der Waals surface area contributed by atoms with Crippen LogP contribution >= 0.6 is 0 Å². The average Bonchev–Trinajstić information content (AvgIpc) is 2.21. The molecule has 0 fully saturated rings. The number of hydrogen-bond acceptors (Lipinski definition) is 2. The second kappa shape index (κ2) is 8.12. The van der Waals surface area contributed by atoms with Gasteiger partial charge in [-0.25, -0.2) is 0 Å². The minimum Gasteiger partial charge on any atom is -0.374 e. The van der Waals surface area contributed by atoms with Crippen LogP contribution in [0.25, 0.3) is 0 Å². The van der Waals surface area contributed by atoms with Gasteiger partial charge in [0.05, 0.1) is 5.60 Å². The molecule has 15 heavy (non-hydrogen) atoms. The molecule has 0 heterocycles. The highest BCUT2D eigenvalue weighted by Gasteiger charge is 2.21. The summed E-state index contributed by atoms with van der Waals surface area (Å²) in [5.74, 6) is 0.787. The monoisotopic (exact) mass is 215 g/mol. The molecule has 2 nitrogen and oxygen atoms in total. The molecule has 1 unspecified atom stereocenters. The Labute approximate surface area is 95.8 Å². The molecule has 0 saturated heterocycles. The molecule has 0 aliphatic heterocycles. The minimum atomic E-state index is 0.0208. The van der Waals surface area contributed by atoms with E-state index >= 15 is 0 Å². The van der Waals surface area contributed by atoms with E-state index in [1.807, 2.05) is 0 Å². The summed E-state index contributed by atoms with van der Waals surface area (Å²) in [6.45, 7) is 13.9. The summed E-state index contributed by atoms with van der Waals surface area (Å²) in [5.41, 5.74) is 0.0208. The van der Waals surface area contributed by atoms with Crippen LogP contribution in [-0.2, 0) is 4.74 Å². The van der Waals surface area contributed by atoms with Crippen molar-refractivity contribution in [2.75, 3.05) is 19.7 Å². The molecule has 1 atom stereocenters. The van der Waals surface area contributed by atoms with E-state index in [9.17, 15) is 0 Å². The molecule has 0 aromatic heterocycles. The van der Waals surface area contributed by atoms with Gasteiger partial charge < -0.3 is 10.1 Å². The Morgan fingerprint density at radius 1 is 1.27 bits per heavy atom. The van der Waals surface area contributed by atoms with Gasteiger partial charge in [-0.2, -0.15) is 0 Å². The topological polar surface area (TPSA) is 21.3 Å². The van der Waals surface area contributed by atoms with Gasteiger partial charge >= 0.3 is 0 Å². The first-order valence-electron chi connectivity index (χ1n) is 6.38. The van der Waals surface area contributed by atoms with Crippen molar-refractivity contribution in [3.63, 3.8) is 0 Å². The Hall–Kier alpha value is -0.0800. The smallest absolute Gasteiger partial charge is 0.0775 e. The molecule has 0 spiro atoms. The van der Waals surface area contributed by atoms with Gasteiger partial charge in [0.15, 0.2) is 0 Å². The third-order valence-electron chi connectivity index (χ3n) is 2.87. The van der Waals surface area contributed by atoms with Crippen molar-refractivity contribution in [3.05, 3.63) is 0 Å². The third-order valence-corrected chi connectivity index (χ3v) is 2.87. The molecule has 0 aliphatic rings. The summed E-state index contributed by atoms with van der Waals surface area (Å²) < 4.78 is 5.97. The fourth-order valence-electron chi connectivity index (χ4n) is 1.48. The quantitative estimate of drug-likeness (QED) is 0.596.